The second kappa shape index (κ2) is 5.49. The van der Waals surface area contributed by atoms with Crippen molar-refractivity contribution in [3.05, 3.63) is 17.0 Å². The van der Waals surface area contributed by atoms with Gasteiger partial charge in [-0.2, -0.15) is 4.31 Å². The van der Waals surface area contributed by atoms with Gasteiger partial charge in [-0.15, -0.1) is 22.9 Å². The van der Waals surface area contributed by atoms with Crippen molar-refractivity contribution in [1.29, 1.82) is 0 Å². The predicted molar refractivity (Wildman–Crippen MR) is 75.9 cm³/mol. The minimum Gasteiger partial charge on any atom is -0.206 e. The van der Waals surface area contributed by atoms with Gasteiger partial charge in [-0.3, -0.25) is 0 Å². The van der Waals surface area contributed by atoms with Crippen molar-refractivity contribution in [3.8, 4) is 0 Å². The Hall–Kier alpha value is -0.100. The molecule has 0 bridgehead atoms. The largest absolute Gasteiger partial charge is 0.252 e. The third-order valence-corrected chi connectivity index (χ3v) is 7.05. The Labute approximate surface area is 118 Å². The Morgan fingerprint density at radius 1 is 1.44 bits per heavy atom. The summed E-state index contributed by atoms with van der Waals surface area (Å²) < 4.78 is 27.1. The topological polar surface area (TPSA) is 37.4 Å². The molecule has 0 radical (unpaired) electrons. The van der Waals surface area contributed by atoms with Crippen LogP contribution in [0, 0.1) is 5.92 Å². The molecular weight excluding hydrogens is 290 g/mol. The minimum atomic E-state index is -3.31. The van der Waals surface area contributed by atoms with Crippen LogP contribution in [-0.4, -0.2) is 31.2 Å². The van der Waals surface area contributed by atoms with Gasteiger partial charge in [-0.1, -0.05) is 6.92 Å². The molecule has 1 aromatic rings. The Kier molecular flexibility index (Phi) is 4.36. The first-order valence-corrected chi connectivity index (χ1v) is 8.90. The molecule has 0 N–H and O–H groups in total. The van der Waals surface area contributed by atoms with Gasteiger partial charge in [0.25, 0.3) is 10.0 Å². The Morgan fingerprint density at radius 2 is 2.17 bits per heavy atom. The molecule has 2 unspecified atom stereocenters. The Morgan fingerprint density at radius 3 is 2.72 bits per heavy atom. The second-order valence-corrected chi connectivity index (χ2v) is 8.59. The molecule has 3 nitrogen and oxygen atoms in total. The monoisotopic (exact) mass is 307 g/mol. The zero-order valence-electron chi connectivity index (χ0n) is 10.6. The van der Waals surface area contributed by atoms with E-state index in [1.54, 1.807) is 10.4 Å². The summed E-state index contributed by atoms with van der Waals surface area (Å²) in [6.45, 7) is 4.71. The summed E-state index contributed by atoms with van der Waals surface area (Å²) in [6, 6.07) is 3.67. The van der Waals surface area contributed by atoms with E-state index in [0.29, 0.717) is 22.6 Å². The van der Waals surface area contributed by atoms with E-state index in [-0.39, 0.29) is 6.04 Å². The summed E-state index contributed by atoms with van der Waals surface area (Å²) in [5.41, 5.74) is 0. The number of hydrogen-bond donors (Lipinski definition) is 0. The van der Waals surface area contributed by atoms with Crippen LogP contribution in [-0.2, 0) is 16.4 Å². The summed E-state index contributed by atoms with van der Waals surface area (Å²) >= 11 is 7.02. The molecule has 2 atom stereocenters. The second-order valence-electron chi connectivity index (χ2n) is 4.92. The molecule has 1 aromatic heterocycles. The average molecular weight is 308 g/mol. The highest BCUT2D eigenvalue weighted by molar-refractivity contribution is 7.91. The number of alkyl halides is 1. The van der Waals surface area contributed by atoms with E-state index in [9.17, 15) is 8.42 Å². The maximum Gasteiger partial charge on any atom is 0.252 e. The molecule has 2 heterocycles. The van der Waals surface area contributed by atoms with Crippen molar-refractivity contribution in [3.63, 3.8) is 0 Å². The van der Waals surface area contributed by atoms with Crippen LogP contribution in [0.2, 0.25) is 0 Å². The molecule has 18 heavy (non-hydrogen) atoms. The number of hydrogen-bond acceptors (Lipinski definition) is 3. The fraction of sp³-hybridized carbons (Fsp3) is 0.667. The van der Waals surface area contributed by atoms with Crippen molar-refractivity contribution in [2.75, 3.05) is 12.4 Å². The summed E-state index contributed by atoms with van der Waals surface area (Å²) in [6.07, 6.45) is 1.67. The molecule has 0 amide bonds. The molecule has 1 aliphatic rings. The van der Waals surface area contributed by atoms with E-state index in [4.69, 9.17) is 11.6 Å². The summed E-state index contributed by atoms with van der Waals surface area (Å²) in [4.78, 5) is 1.03. The lowest BCUT2D eigenvalue weighted by atomic mass is 10.1. The van der Waals surface area contributed by atoms with Gasteiger partial charge in [0.15, 0.2) is 0 Å². The number of thiophene rings is 1. The molecule has 6 heteroatoms. The number of nitrogens with zero attached hydrogens (tertiary/aromatic N) is 1. The molecule has 1 aliphatic heterocycles. The summed E-state index contributed by atoms with van der Waals surface area (Å²) in [7, 11) is -3.31. The summed E-state index contributed by atoms with van der Waals surface area (Å²) in [5, 5.41) is 0. The zero-order chi connectivity index (χ0) is 13.3. The smallest absolute Gasteiger partial charge is 0.206 e. The van der Waals surface area contributed by atoms with Crippen LogP contribution >= 0.6 is 22.9 Å². The van der Waals surface area contributed by atoms with Gasteiger partial charge in [-0.25, -0.2) is 8.42 Å². The predicted octanol–water partition coefficient (Wildman–Crippen LogP) is 2.95. The minimum absolute atomic E-state index is 0.101. The van der Waals surface area contributed by atoms with Crippen LogP contribution in [0.25, 0.3) is 0 Å². The van der Waals surface area contributed by atoms with Gasteiger partial charge in [-0.05, 0) is 37.8 Å². The van der Waals surface area contributed by atoms with Crippen LogP contribution in [0.5, 0.6) is 0 Å². The third-order valence-electron chi connectivity index (χ3n) is 3.27. The van der Waals surface area contributed by atoms with Crippen LogP contribution in [0.15, 0.2) is 16.3 Å². The maximum atomic E-state index is 12.5. The van der Waals surface area contributed by atoms with Crippen molar-refractivity contribution >= 4 is 33.0 Å². The van der Waals surface area contributed by atoms with Crippen molar-refractivity contribution in [2.45, 2.75) is 36.9 Å². The normalized spacial score (nSPS) is 25.7. The summed E-state index contributed by atoms with van der Waals surface area (Å²) in [5.74, 6) is 0.967. The van der Waals surface area contributed by atoms with Crippen LogP contribution in [0.1, 0.15) is 25.1 Å². The van der Waals surface area contributed by atoms with Crippen molar-refractivity contribution in [2.24, 2.45) is 5.92 Å². The molecule has 2 rings (SSSR count). The first-order chi connectivity index (χ1) is 8.45. The van der Waals surface area contributed by atoms with Gasteiger partial charge in [0, 0.05) is 23.3 Å². The van der Waals surface area contributed by atoms with E-state index in [2.05, 4.69) is 6.92 Å². The number of rotatable bonds is 4. The average Bonchev–Trinajstić information content (AvgIpc) is 2.86. The van der Waals surface area contributed by atoms with E-state index in [0.717, 1.165) is 17.7 Å². The molecule has 102 valence electrons. The first-order valence-electron chi connectivity index (χ1n) is 6.11. The standard InChI is InChI=1S/C12H18ClNO2S2/c1-9-7-10(2)14(8-9)18(15,16)12-4-3-11(17-12)5-6-13/h3-4,9-10H,5-8H2,1-2H3. The highest BCUT2D eigenvalue weighted by Crippen LogP contribution is 2.32. The first kappa shape index (κ1) is 14.3. The van der Waals surface area contributed by atoms with Gasteiger partial charge in [0.05, 0.1) is 0 Å². The highest BCUT2D eigenvalue weighted by Gasteiger charge is 2.36. The van der Waals surface area contributed by atoms with Crippen LogP contribution < -0.4 is 0 Å². The van der Waals surface area contributed by atoms with E-state index in [1.807, 2.05) is 13.0 Å². The lowest BCUT2D eigenvalue weighted by molar-refractivity contribution is 0.407. The van der Waals surface area contributed by atoms with Crippen LogP contribution in [0.3, 0.4) is 0 Å². The van der Waals surface area contributed by atoms with E-state index in [1.165, 1.54) is 11.3 Å². The Balaban J connectivity index is 2.24. The van der Waals surface area contributed by atoms with Crippen molar-refractivity contribution < 1.29 is 8.42 Å². The van der Waals surface area contributed by atoms with Crippen molar-refractivity contribution in [1.82, 2.24) is 4.31 Å². The number of halogens is 1. The highest BCUT2D eigenvalue weighted by atomic mass is 35.5. The molecule has 0 saturated carbocycles. The van der Waals surface area contributed by atoms with Gasteiger partial charge in [0.1, 0.15) is 4.21 Å². The number of aryl methyl sites for hydroxylation is 1. The molecule has 0 aliphatic carbocycles. The quantitative estimate of drug-likeness (QED) is 0.802. The van der Waals surface area contributed by atoms with E-state index >= 15 is 0 Å². The third kappa shape index (κ3) is 2.74. The Bertz CT molecular complexity index is 512. The molecule has 0 aromatic carbocycles. The molecule has 1 saturated heterocycles. The number of sulfonamides is 1. The fourth-order valence-electron chi connectivity index (χ4n) is 2.44. The molecule has 1 fully saturated rings. The van der Waals surface area contributed by atoms with Gasteiger partial charge in [0.2, 0.25) is 0 Å². The van der Waals surface area contributed by atoms with E-state index < -0.39 is 10.0 Å². The lowest BCUT2D eigenvalue weighted by Gasteiger charge is -2.19. The van der Waals surface area contributed by atoms with Gasteiger partial charge >= 0.3 is 0 Å². The molecule has 0 spiro atoms. The maximum absolute atomic E-state index is 12.5. The molecular formula is C12H18ClNO2S2. The zero-order valence-corrected chi connectivity index (χ0v) is 13.0. The SMILES string of the molecule is CC1CC(C)N(S(=O)(=O)c2ccc(CCCl)s2)C1. The van der Waals surface area contributed by atoms with Crippen LogP contribution in [0.4, 0.5) is 0 Å². The fourth-order valence-corrected chi connectivity index (χ4v) is 6.00. The lowest BCUT2D eigenvalue weighted by Crippen LogP contribution is -2.33. The van der Waals surface area contributed by atoms with Gasteiger partial charge < -0.3 is 0 Å².